The molecule has 5 nitrogen and oxygen atoms in total. The van der Waals surface area contributed by atoms with Crippen LogP contribution in [0.1, 0.15) is 27.5 Å². The highest BCUT2D eigenvalue weighted by molar-refractivity contribution is 14.1. The van der Waals surface area contributed by atoms with Gasteiger partial charge in [-0.1, -0.05) is 72.8 Å². The third kappa shape index (κ3) is 5.89. The zero-order valence-electron chi connectivity index (χ0n) is 19.2. The fourth-order valence-corrected chi connectivity index (χ4v) is 4.44. The van der Waals surface area contributed by atoms with E-state index in [4.69, 9.17) is 4.74 Å². The predicted molar refractivity (Wildman–Crippen MR) is 146 cm³/mol. The Morgan fingerprint density at radius 3 is 2.06 bits per heavy atom. The fourth-order valence-electron chi connectivity index (χ4n) is 3.82. The van der Waals surface area contributed by atoms with Gasteiger partial charge in [-0.05, 0) is 70.1 Å². The van der Waals surface area contributed by atoms with Crippen LogP contribution in [0.15, 0.2) is 109 Å². The van der Waals surface area contributed by atoms with Crippen LogP contribution in [0.25, 0.3) is 0 Å². The molecule has 1 unspecified atom stereocenters. The van der Waals surface area contributed by atoms with E-state index in [0.29, 0.717) is 29.1 Å². The molecular formula is C29H25IN2O3. The second-order valence-electron chi connectivity index (χ2n) is 7.87. The van der Waals surface area contributed by atoms with Crippen LogP contribution in [0.3, 0.4) is 0 Å². The van der Waals surface area contributed by atoms with Gasteiger partial charge in [0, 0.05) is 15.8 Å². The molecule has 4 aromatic carbocycles. The predicted octanol–water partition coefficient (Wildman–Crippen LogP) is 6.00. The molecule has 1 N–H and O–H groups in total. The SMILES string of the molecule is COc1ccc(C(C(=O)NCc2ccccc2)N(C(=O)c2ccccc2I)c2ccccc2)cc1. The van der Waals surface area contributed by atoms with Crippen LogP contribution in [-0.2, 0) is 11.3 Å². The number of halogens is 1. The summed E-state index contributed by atoms with van der Waals surface area (Å²) in [6, 6.07) is 32.7. The van der Waals surface area contributed by atoms with Crippen molar-refractivity contribution in [1.29, 1.82) is 0 Å². The first-order chi connectivity index (χ1) is 17.1. The van der Waals surface area contributed by atoms with E-state index in [9.17, 15) is 9.59 Å². The lowest BCUT2D eigenvalue weighted by atomic mass is 10.0. The molecule has 0 saturated heterocycles. The summed E-state index contributed by atoms with van der Waals surface area (Å²) in [4.78, 5) is 29.3. The lowest BCUT2D eigenvalue weighted by molar-refractivity contribution is -0.122. The van der Waals surface area contributed by atoms with Crippen molar-refractivity contribution in [3.05, 3.63) is 129 Å². The number of hydrogen-bond acceptors (Lipinski definition) is 3. The molecule has 4 rings (SSSR count). The zero-order valence-corrected chi connectivity index (χ0v) is 21.4. The minimum atomic E-state index is -0.893. The Labute approximate surface area is 218 Å². The fraction of sp³-hybridized carbons (Fsp3) is 0.103. The zero-order chi connectivity index (χ0) is 24.6. The second kappa shape index (κ2) is 11.7. The van der Waals surface area contributed by atoms with Gasteiger partial charge in [-0.3, -0.25) is 14.5 Å². The van der Waals surface area contributed by atoms with Gasteiger partial charge in [-0.25, -0.2) is 0 Å². The first-order valence-corrected chi connectivity index (χ1v) is 12.2. The van der Waals surface area contributed by atoms with Gasteiger partial charge < -0.3 is 10.1 Å². The van der Waals surface area contributed by atoms with Crippen LogP contribution < -0.4 is 15.0 Å². The average Bonchev–Trinajstić information content (AvgIpc) is 2.91. The van der Waals surface area contributed by atoms with E-state index in [2.05, 4.69) is 27.9 Å². The maximum Gasteiger partial charge on any atom is 0.260 e. The van der Waals surface area contributed by atoms with Crippen molar-refractivity contribution in [2.75, 3.05) is 12.0 Å². The summed E-state index contributed by atoms with van der Waals surface area (Å²) in [6.07, 6.45) is 0. The van der Waals surface area contributed by atoms with Crippen molar-refractivity contribution >= 4 is 40.1 Å². The number of rotatable bonds is 8. The van der Waals surface area contributed by atoms with Crippen molar-refractivity contribution in [3.63, 3.8) is 0 Å². The van der Waals surface area contributed by atoms with Crippen molar-refractivity contribution in [1.82, 2.24) is 5.32 Å². The summed E-state index contributed by atoms with van der Waals surface area (Å²) < 4.78 is 6.12. The number of carbonyl (C=O) groups excluding carboxylic acids is 2. The Morgan fingerprint density at radius 2 is 1.43 bits per heavy atom. The molecule has 2 amide bonds. The number of benzene rings is 4. The van der Waals surface area contributed by atoms with E-state index in [1.165, 1.54) is 0 Å². The molecule has 0 fully saturated rings. The second-order valence-corrected chi connectivity index (χ2v) is 9.03. The van der Waals surface area contributed by atoms with Gasteiger partial charge >= 0.3 is 0 Å². The number of anilines is 1. The highest BCUT2D eigenvalue weighted by Gasteiger charge is 2.34. The van der Waals surface area contributed by atoms with Crippen molar-refractivity contribution in [2.45, 2.75) is 12.6 Å². The minimum Gasteiger partial charge on any atom is -0.497 e. The Kier molecular flexibility index (Phi) is 8.15. The van der Waals surface area contributed by atoms with Gasteiger partial charge in [-0.15, -0.1) is 0 Å². The minimum absolute atomic E-state index is 0.253. The van der Waals surface area contributed by atoms with Gasteiger partial charge in [-0.2, -0.15) is 0 Å². The quantitative estimate of drug-likeness (QED) is 0.262. The third-order valence-corrected chi connectivity index (χ3v) is 6.55. The molecule has 0 heterocycles. The number of amides is 2. The maximum absolute atomic E-state index is 14.0. The molecular weight excluding hydrogens is 551 g/mol. The summed E-state index contributed by atoms with van der Waals surface area (Å²) in [6.45, 7) is 0.353. The van der Waals surface area contributed by atoms with Crippen LogP contribution in [0.2, 0.25) is 0 Å². The molecule has 176 valence electrons. The molecule has 0 aliphatic carbocycles. The van der Waals surface area contributed by atoms with E-state index in [0.717, 1.165) is 9.13 Å². The van der Waals surface area contributed by atoms with Crippen molar-refractivity contribution in [2.24, 2.45) is 0 Å². The van der Waals surface area contributed by atoms with E-state index >= 15 is 0 Å². The lowest BCUT2D eigenvalue weighted by Gasteiger charge is -2.32. The summed E-state index contributed by atoms with van der Waals surface area (Å²) in [5.74, 6) is 0.145. The number of nitrogens with zero attached hydrogens (tertiary/aromatic N) is 1. The first-order valence-electron chi connectivity index (χ1n) is 11.2. The molecule has 0 saturated carbocycles. The van der Waals surface area contributed by atoms with Gasteiger partial charge in [0.15, 0.2) is 0 Å². The number of hydrogen-bond donors (Lipinski definition) is 1. The van der Waals surface area contributed by atoms with Crippen LogP contribution in [0.4, 0.5) is 5.69 Å². The maximum atomic E-state index is 14.0. The molecule has 6 heteroatoms. The number of ether oxygens (including phenoxy) is 1. The smallest absolute Gasteiger partial charge is 0.260 e. The van der Waals surface area contributed by atoms with Crippen LogP contribution >= 0.6 is 22.6 Å². The molecule has 0 aromatic heterocycles. The standard InChI is InChI=1S/C29H25IN2O3/c1-35-24-18-16-22(17-19-24)27(28(33)31-20-21-10-4-2-5-11-21)32(23-12-6-3-7-13-23)29(34)25-14-8-9-15-26(25)30/h2-19,27H,20H2,1H3,(H,31,33). The molecule has 4 aromatic rings. The average molecular weight is 576 g/mol. The molecule has 35 heavy (non-hydrogen) atoms. The van der Waals surface area contributed by atoms with Crippen molar-refractivity contribution < 1.29 is 14.3 Å². The highest BCUT2D eigenvalue weighted by atomic mass is 127. The molecule has 0 radical (unpaired) electrons. The highest BCUT2D eigenvalue weighted by Crippen LogP contribution is 2.31. The van der Waals surface area contributed by atoms with Crippen molar-refractivity contribution in [3.8, 4) is 5.75 Å². The van der Waals surface area contributed by atoms with E-state index in [-0.39, 0.29) is 11.8 Å². The van der Waals surface area contributed by atoms with Crippen LogP contribution in [0.5, 0.6) is 5.75 Å². The largest absolute Gasteiger partial charge is 0.497 e. The Balaban J connectivity index is 1.79. The molecule has 0 aliphatic heterocycles. The molecule has 0 spiro atoms. The van der Waals surface area contributed by atoms with E-state index < -0.39 is 6.04 Å². The summed E-state index contributed by atoms with van der Waals surface area (Å²) >= 11 is 2.15. The summed E-state index contributed by atoms with van der Waals surface area (Å²) in [5.41, 5.74) is 2.82. The van der Waals surface area contributed by atoms with E-state index in [1.54, 1.807) is 30.2 Å². The van der Waals surface area contributed by atoms with E-state index in [1.807, 2.05) is 91.0 Å². The number of methoxy groups -OCH3 is 1. The Hall–Kier alpha value is -3.65. The molecule has 0 bridgehead atoms. The Morgan fingerprint density at radius 1 is 0.829 bits per heavy atom. The normalized spacial score (nSPS) is 11.4. The molecule has 0 aliphatic rings. The lowest BCUT2D eigenvalue weighted by Crippen LogP contribution is -2.44. The van der Waals surface area contributed by atoms with Gasteiger partial charge in [0.05, 0.1) is 12.7 Å². The number of nitrogens with one attached hydrogen (secondary N) is 1. The number of para-hydroxylation sites is 1. The third-order valence-electron chi connectivity index (χ3n) is 5.61. The van der Waals surface area contributed by atoms with Crippen LogP contribution in [0, 0.1) is 3.57 Å². The van der Waals surface area contributed by atoms with Crippen LogP contribution in [-0.4, -0.2) is 18.9 Å². The summed E-state index contributed by atoms with van der Waals surface area (Å²) in [7, 11) is 1.59. The first kappa shape index (κ1) is 24.5. The summed E-state index contributed by atoms with van der Waals surface area (Å²) in [5, 5.41) is 3.03. The monoisotopic (exact) mass is 576 g/mol. The molecule has 1 atom stereocenters. The van der Waals surface area contributed by atoms with Gasteiger partial charge in [0.1, 0.15) is 11.8 Å². The Bertz CT molecular complexity index is 1280. The topological polar surface area (TPSA) is 58.6 Å². The van der Waals surface area contributed by atoms with Gasteiger partial charge in [0.2, 0.25) is 5.91 Å². The number of carbonyl (C=O) groups is 2. The van der Waals surface area contributed by atoms with Gasteiger partial charge in [0.25, 0.3) is 5.91 Å².